The predicted octanol–water partition coefficient (Wildman–Crippen LogP) is 3.48. The Kier molecular flexibility index (Phi) is 4.80. The third kappa shape index (κ3) is 3.72. The Morgan fingerprint density at radius 2 is 1.81 bits per heavy atom. The normalized spacial score (nSPS) is 11.8. The van der Waals surface area contributed by atoms with Gasteiger partial charge >= 0.3 is 5.97 Å². The van der Waals surface area contributed by atoms with Crippen LogP contribution in [0.25, 0.3) is 0 Å². The van der Waals surface area contributed by atoms with Crippen molar-refractivity contribution in [3.63, 3.8) is 0 Å². The molecule has 2 rings (SSSR count). The van der Waals surface area contributed by atoms with Gasteiger partial charge in [-0.05, 0) is 59.3 Å². The van der Waals surface area contributed by atoms with E-state index in [1.807, 2.05) is 0 Å². The molecular weight excluding hydrogens is 340 g/mol. The van der Waals surface area contributed by atoms with Gasteiger partial charge in [0, 0.05) is 5.56 Å². The molecule has 21 heavy (non-hydrogen) atoms. The van der Waals surface area contributed by atoms with Crippen LogP contribution >= 0.6 is 15.9 Å². The van der Waals surface area contributed by atoms with Crippen LogP contribution in [0.3, 0.4) is 0 Å². The molecule has 6 heteroatoms. The highest BCUT2D eigenvalue weighted by Gasteiger charge is 2.22. The minimum atomic E-state index is -0.908. The summed E-state index contributed by atoms with van der Waals surface area (Å²) in [4.78, 5) is 24.0. The molecule has 0 spiro atoms. The number of halogens is 1. The number of rotatable bonds is 5. The van der Waals surface area contributed by atoms with E-state index in [2.05, 4.69) is 15.9 Å². The molecule has 0 aliphatic carbocycles. The quantitative estimate of drug-likeness (QED) is 0.608. The van der Waals surface area contributed by atoms with Crippen LogP contribution < -0.4 is 4.74 Å². The van der Waals surface area contributed by atoms with E-state index in [0.29, 0.717) is 16.0 Å². The number of ketones is 1. The SMILES string of the molecule is COc1ccc(C(=O)[C@@H](C)OC(=O)c2ccc(Br)o2)cc1. The van der Waals surface area contributed by atoms with E-state index in [-0.39, 0.29) is 11.5 Å². The van der Waals surface area contributed by atoms with Gasteiger partial charge in [0.05, 0.1) is 7.11 Å². The average Bonchev–Trinajstić information content (AvgIpc) is 2.93. The molecule has 1 aromatic carbocycles. The average molecular weight is 353 g/mol. The lowest BCUT2D eigenvalue weighted by molar-refractivity contribution is 0.0288. The van der Waals surface area contributed by atoms with Crippen LogP contribution in [0, 0.1) is 0 Å². The number of carbonyl (C=O) groups is 2. The first kappa shape index (κ1) is 15.3. The molecule has 5 nitrogen and oxygen atoms in total. The molecule has 0 amide bonds. The van der Waals surface area contributed by atoms with E-state index in [1.165, 1.54) is 13.0 Å². The van der Waals surface area contributed by atoms with Crippen molar-refractivity contribution in [1.29, 1.82) is 0 Å². The second-order valence-electron chi connectivity index (χ2n) is 4.24. The van der Waals surface area contributed by atoms with Crippen molar-refractivity contribution in [1.82, 2.24) is 0 Å². The van der Waals surface area contributed by atoms with Crippen molar-refractivity contribution in [3.05, 3.63) is 52.4 Å². The van der Waals surface area contributed by atoms with Gasteiger partial charge < -0.3 is 13.9 Å². The van der Waals surface area contributed by atoms with Gasteiger partial charge in [-0.2, -0.15) is 0 Å². The third-order valence-electron chi connectivity index (χ3n) is 2.80. The number of esters is 1. The van der Waals surface area contributed by atoms with Crippen molar-refractivity contribution < 1.29 is 23.5 Å². The summed E-state index contributed by atoms with van der Waals surface area (Å²) < 4.78 is 15.6. The van der Waals surface area contributed by atoms with E-state index in [9.17, 15) is 9.59 Å². The molecule has 0 N–H and O–H groups in total. The third-order valence-corrected chi connectivity index (χ3v) is 3.23. The van der Waals surface area contributed by atoms with Crippen LogP contribution in [0.5, 0.6) is 5.75 Å². The summed E-state index contributed by atoms with van der Waals surface area (Å²) in [5, 5.41) is 0. The molecule has 0 aliphatic rings. The minimum Gasteiger partial charge on any atom is -0.497 e. The lowest BCUT2D eigenvalue weighted by Gasteiger charge is -2.11. The lowest BCUT2D eigenvalue weighted by atomic mass is 10.1. The highest BCUT2D eigenvalue weighted by molar-refractivity contribution is 9.10. The number of hydrogen-bond acceptors (Lipinski definition) is 5. The molecule has 0 bridgehead atoms. The van der Waals surface area contributed by atoms with Crippen LogP contribution in [0.1, 0.15) is 27.8 Å². The minimum absolute atomic E-state index is 0.0382. The standard InChI is InChI=1S/C15H13BrO5/c1-9(20-15(18)12-7-8-13(16)21-12)14(17)10-3-5-11(19-2)6-4-10/h3-9H,1-2H3/t9-/m1/s1. The zero-order chi connectivity index (χ0) is 15.4. The zero-order valence-electron chi connectivity index (χ0n) is 11.5. The maximum Gasteiger partial charge on any atom is 0.374 e. The zero-order valence-corrected chi connectivity index (χ0v) is 13.0. The molecule has 0 fully saturated rings. The molecule has 0 aliphatic heterocycles. The molecule has 0 radical (unpaired) electrons. The monoisotopic (exact) mass is 352 g/mol. The highest BCUT2D eigenvalue weighted by Crippen LogP contribution is 2.17. The Bertz CT molecular complexity index is 644. The first-order valence-electron chi connectivity index (χ1n) is 6.16. The van der Waals surface area contributed by atoms with Crippen molar-refractivity contribution >= 4 is 27.7 Å². The van der Waals surface area contributed by atoms with Crippen molar-refractivity contribution in [2.45, 2.75) is 13.0 Å². The predicted molar refractivity (Wildman–Crippen MR) is 78.6 cm³/mol. The van der Waals surface area contributed by atoms with Crippen LogP contribution in [0.4, 0.5) is 0 Å². The van der Waals surface area contributed by atoms with Gasteiger partial charge in [-0.15, -0.1) is 0 Å². The number of carbonyl (C=O) groups excluding carboxylic acids is 2. The fraction of sp³-hybridized carbons (Fsp3) is 0.200. The van der Waals surface area contributed by atoms with Crippen molar-refractivity contribution in [3.8, 4) is 5.75 Å². The number of furan rings is 1. The topological polar surface area (TPSA) is 65.7 Å². The van der Waals surface area contributed by atoms with Crippen LogP contribution in [0.2, 0.25) is 0 Å². The number of ether oxygens (including phenoxy) is 2. The molecule has 0 saturated heterocycles. The van der Waals surface area contributed by atoms with Crippen molar-refractivity contribution in [2.75, 3.05) is 7.11 Å². The van der Waals surface area contributed by atoms with Gasteiger partial charge in [0.2, 0.25) is 11.5 Å². The largest absolute Gasteiger partial charge is 0.497 e. The van der Waals surface area contributed by atoms with Gasteiger partial charge in [0.25, 0.3) is 0 Å². The Hall–Kier alpha value is -2.08. The van der Waals surface area contributed by atoms with Gasteiger partial charge in [-0.25, -0.2) is 4.79 Å². The fourth-order valence-corrected chi connectivity index (χ4v) is 1.99. The first-order valence-corrected chi connectivity index (χ1v) is 6.95. The maximum atomic E-state index is 12.2. The molecule has 0 unspecified atom stereocenters. The molecule has 0 saturated carbocycles. The summed E-state index contributed by atoms with van der Waals surface area (Å²) in [5.74, 6) is -0.292. The molecular formula is C15H13BrO5. The van der Waals surface area contributed by atoms with Gasteiger partial charge in [0.15, 0.2) is 10.8 Å². The Morgan fingerprint density at radius 3 is 2.33 bits per heavy atom. The van der Waals surface area contributed by atoms with Crippen LogP contribution in [0.15, 0.2) is 45.5 Å². The summed E-state index contributed by atoms with van der Waals surface area (Å²) in [6, 6.07) is 9.63. The van der Waals surface area contributed by atoms with Crippen LogP contribution in [-0.2, 0) is 4.74 Å². The maximum absolute atomic E-state index is 12.2. The molecule has 110 valence electrons. The van der Waals surface area contributed by atoms with E-state index in [4.69, 9.17) is 13.9 Å². The van der Waals surface area contributed by atoms with Gasteiger partial charge in [0.1, 0.15) is 5.75 Å². The van der Waals surface area contributed by atoms with E-state index < -0.39 is 12.1 Å². The summed E-state index contributed by atoms with van der Waals surface area (Å²) in [6.07, 6.45) is -0.908. The molecule has 1 aromatic heterocycles. The second kappa shape index (κ2) is 6.58. The Morgan fingerprint density at radius 1 is 1.14 bits per heavy atom. The summed E-state index contributed by atoms with van der Waals surface area (Å²) in [5.41, 5.74) is 0.441. The van der Waals surface area contributed by atoms with E-state index in [0.717, 1.165) is 0 Å². The van der Waals surface area contributed by atoms with Gasteiger partial charge in [-0.1, -0.05) is 0 Å². The molecule has 1 heterocycles. The second-order valence-corrected chi connectivity index (χ2v) is 5.03. The summed E-state index contributed by atoms with van der Waals surface area (Å²) in [7, 11) is 1.54. The molecule has 2 aromatic rings. The fourth-order valence-electron chi connectivity index (χ4n) is 1.69. The Balaban J connectivity index is 2.03. The van der Waals surface area contributed by atoms with E-state index in [1.54, 1.807) is 37.4 Å². The van der Waals surface area contributed by atoms with Gasteiger partial charge in [-0.3, -0.25) is 4.79 Å². The number of Topliss-reactive ketones (excluding diaryl/α,β-unsaturated/α-hetero) is 1. The Labute approximate surface area is 130 Å². The van der Waals surface area contributed by atoms with Crippen LogP contribution in [-0.4, -0.2) is 25.0 Å². The lowest BCUT2D eigenvalue weighted by Crippen LogP contribution is -2.24. The number of hydrogen-bond donors (Lipinski definition) is 0. The highest BCUT2D eigenvalue weighted by atomic mass is 79.9. The van der Waals surface area contributed by atoms with E-state index >= 15 is 0 Å². The molecule has 1 atom stereocenters. The van der Waals surface area contributed by atoms with Crippen molar-refractivity contribution in [2.24, 2.45) is 0 Å². The summed E-state index contributed by atoms with van der Waals surface area (Å²) in [6.45, 7) is 1.52. The number of methoxy groups -OCH3 is 1. The first-order chi connectivity index (χ1) is 10.0. The number of benzene rings is 1. The summed E-state index contributed by atoms with van der Waals surface area (Å²) >= 11 is 3.09. The smallest absolute Gasteiger partial charge is 0.374 e.